The maximum Gasteiger partial charge on any atom is 0.407 e. The zero-order valence-electron chi connectivity index (χ0n) is 12.1. The summed E-state index contributed by atoms with van der Waals surface area (Å²) >= 11 is 0. The van der Waals surface area contributed by atoms with E-state index in [0.29, 0.717) is 0 Å². The number of alkyl carbamates (subject to hydrolysis) is 1. The molecule has 0 aromatic carbocycles. The second kappa shape index (κ2) is 5.18. The lowest BCUT2D eigenvalue weighted by atomic mass is 9.98. The lowest BCUT2D eigenvalue weighted by molar-refractivity contribution is -0.147. The Balaban J connectivity index is 2.75. The Morgan fingerprint density at radius 2 is 1.95 bits per heavy atom. The molecule has 1 aliphatic heterocycles. The van der Waals surface area contributed by atoms with Gasteiger partial charge in [-0.2, -0.15) is 0 Å². The van der Waals surface area contributed by atoms with Crippen molar-refractivity contribution in [2.75, 3.05) is 6.54 Å². The SMILES string of the molecule is CC(C)(C)OC(=O)N[C@@H]1CN(C(N)=O)[C@](C)(C(=O)O)C1. The van der Waals surface area contributed by atoms with Crippen molar-refractivity contribution in [2.45, 2.75) is 51.3 Å². The molecule has 0 aromatic heterocycles. The van der Waals surface area contributed by atoms with Crippen LogP contribution in [0.3, 0.4) is 0 Å². The van der Waals surface area contributed by atoms with Gasteiger partial charge in [-0.3, -0.25) is 0 Å². The molecule has 0 aromatic rings. The van der Waals surface area contributed by atoms with Crippen molar-refractivity contribution in [1.29, 1.82) is 0 Å². The summed E-state index contributed by atoms with van der Waals surface area (Å²) in [7, 11) is 0. The molecule has 1 saturated heterocycles. The number of nitrogens with two attached hydrogens (primary N) is 1. The van der Waals surface area contributed by atoms with Crippen LogP contribution in [-0.4, -0.2) is 51.8 Å². The second-order valence-electron chi connectivity index (χ2n) is 6.08. The summed E-state index contributed by atoms with van der Waals surface area (Å²) < 4.78 is 5.09. The molecule has 0 bridgehead atoms. The van der Waals surface area contributed by atoms with Crippen molar-refractivity contribution in [3.8, 4) is 0 Å². The maximum absolute atomic E-state index is 11.7. The van der Waals surface area contributed by atoms with Gasteiger partial charge in [0.25, 0.3) is 0 Å². The molecule has 0 aliphatic carbocycles. The fourth-order valence-corrected chi connectivity index (χ4v) is 2.18. The number of hydrogen-bond acceptors (Lipinski definition) is 4. The van der Waals surface area contributed by atoms with E-state index in [9.17, 15) is 19.5 Å². The molecule has 1 fully saturated rings. The number of carbonyl (C=O) groups excluding carboxylic acids is 2. The topological polar surface area (TPSA) is 122 Å². The van der Waals surface area contributed by atoms with Crippen LogP contribution in [0.4, 0.5) is 9.59 Å². The number of carboxylic acid groups (broad SMARTS) is 1. The van der Waals surface area contributed by atoms with Gasteiger partial charge in [-0.05, 0) is 27.7 Å². The van der Waals surface area contributed by atoms with E-state index in [4.69, 9.17) is 10.5 Å². The minimum absolute atomic E-state index is 0.0391. The molecular weight excluding hydrogens is 266 g/mol. The van der Waals surface area contributed by atoms with E-state index in [0.717, 1.165) is 4.90 Å². The Hall–Kier alpha value is -1.99. The number of likely N-dealkylation sites (tertiary alicyclic amines) is 1. The first kappa shape index (κ1) is 16.1. The quantitative estimate of drug-likeness (QED) is 0.683. The third-order valence-corrected chi connectivity index (χ3v) is 3.09. The Morgan fingerprint density at radius 3 is 2.30 bits per heavy atom. The van der Waals surface area contributed by atoms with Crippen molar-refractivity contribution < 1.29 is 24.2 Å². The molecule has 0 spiro atoms. The predicted octanol–water partition coefficient (Wildman–Crippen LogP) is 0.507. The van der Waals surface area contributed by atoms with Crippen molar-refractivity contribution in [2.24, 2.45) is 5.73 Å². The number of nitrogens with zero attached hydrogens (tertiary/aromatic N) is 1. The van der Waals surface area contributed by atoms with Crippen LogP contribution < -0.4 is 11.1 Å². The highest BCUT2D eigenvalue weighted by atomic mass is 16.6. The average molecular weight is 287 g/mol. The van der Waals surface area contributed by atoms with Crippen LogP contribution >= 0.6 is 0 Å². The van der Waals surface area contributed by atoms with Gasteiger partial charge in [0.2, 0.25) is 0 Å². The first-order chi connectivity index (χ1) is 8.95. The molecule has 114 valence electrons. The number of urea groups is 1. The Bertz CT molecular complexity index is 431. The highest BCUT2D eigenvalue weighted by Crippen LogP contribution is 2.29. The van der Waals surface area contributed by atoms with E-state index in [2.05, 4.69) is 5.32 Å². The molecule has 8 nitrogen and oxygen atoms in total. The molecule has 4 N–H and O–H groups in total. The molecule has 1 heterocycles. The van der Waals surface area contributed by atoms with E-state index in [-0.39, 0.29) is 13.0 Å². The maximum atomic E-state index is 11.7. The van der Waals surface area contributed by atoms with E-state index >= 15 is 0 Å². The van der Waals surface area contributed by atoms with Crippen LogP contribution in [0.5, 0.6) is 0 Å². The number of carboxylic acids is 1. The van der Waals surface area contributed by atoms with Crippen molar-refractivity contribution >= 4 is 18.1 Å². The van der Waals surface area contributed by atoms with Gasteiger partial charge in [0.05, 0.1) is 6.04 Å². The van der Waals surface area contributed by atoms with E-state index in [1.807, 2.05) is 0 Å². The fourth-order valence-electron chi connectivity index (χ4n) is 2.18. The molecule has 20 heavy (non-hydrogen) atoms. The predicted molar refractivity (Wildman–Crippen MR) is 70.1 cm³/mol. The number of amides is 3. The second-order valence-corrected chi connectivity index (χ2v) is 6.08. The molecule has 0 saturated carbocycles. The zero-order valence-corrected chi connectivity index (χ0v) is 12.1. The molecule has 2 atom stereocenters. The number of rotatable bonds is 2. The number of ether oxygens (including phenoxy) is 1. The van der Waals surface area contributed by atoms with Crippen LogP contribution in [0.15, 0.2) is 0 Å². The van der Waals surface area contributed by atoms with Crippen LogP contribution in [-0.2, 0) is 9.53 Å². The smallest absolute Gasteiger partial charge is 0.407 e. The van der Waals surface area contributed by atoms with Gasteiger partial charge >= 0.3 is 18.1 Å². The largest absolute Gasteiger partial charge is 0.480 e. The van der Waals surface area contributed by atoms with Crippen LogP contribution in [0.25, 0.3) is 0 Å². The Kier molecular flexibility index (Phi) is 4.16. The number of primary amides is 1. The zero-order chi connectivity index (χ0) is 15.7. The summed E-state index contributed by atoms with van der Waals surface area (Å²) in [6.45, 7) is 6.60. The summed E-state index contributed by atoms with van der Waals surface area (Å²) in [5.74, 6) is -1.16. The average Bonchev–Trinajstić information content (AvgIpc) is 2.53. The standard InChI is InChI=1S/C12H21N3O5/c1-11(2,3)20-10(19)14-7-5-12(4,8(16)17)15(6-7)9(13)18/h7H,5-6H2,1-4H3,(H2,13,18)(H,14,19)(H,16,17)/t7-,12-/m0/s1. The third-order valence-electron chi connectivity index (χ3n) is 3.09. The monoisotopic (exact) mass is 287 g/mol. The van der Waals surface area contributed by atoms with Crippen LogP contribution in [0.1, 0.15) is 34.1 Å². The molecule has 3 amide bonds. The van der Waals surface area contributed by atoms with Crippen molar-refractivity contribution in [3.05, 3.63) is 0 Å². The van der Waals surface area contributed by atoms with E-state index < -0.39 is 35.3 Å². The fraction of sp³-hybridized carbons (Fsp3) is 0.750. The van der Waals surface area contributed by atoms with Gasteiger partial charge in [0.15, 0.2) is 0 Å². The summed E-state index contributed by atoms with van der Waals surface area (Å²) in [6.07, 6.45) is -0.577. The first-order valence-corrected chi connectivity index (χ1v) is 6.26. The molecule has 1 aliphatic rings. The lowest BCUT2D eigenvalue weighted by Crippen LogP contribution is -2.52. The van der Waals surface area contributed by atoms with Gasteiger partial charge in [-0.1, -0.05) is 0 Å². The minimum atomic E-state index is -1.43. The molecular formula is C12H21N3O5. The number of carbonyl (C=O) groups is 3. The van der Waals surface area contributed by atoms with Crippen LogP contribution in [0, 0.1) is 0 Å². The van der Waals surface area contributed by atoms with Gasteiger partial charge in [-0.15, -0.1) is 0 Å². The highest BCUT2D eigenvalue weighted by molar-refractivity contribution is 5.86. The Morgan fingerprint density at radius 1 is 1.40 bits per heavy atom. The van der Waals surface area contributed by atoms with Gasteiger partial charge in [0, 0.05) is 13.0 Å². The van der Waals surface area contributed by atoms with Gasteiger partial charge in [-0.25, -0.2) is 14.4 Å². The number of nitrogens with one attached hydrogen (secondary N) is 1. The van der Waals surface area contributed by atoms with E-state index in [1.54, 1.807) is 20.8 Å². The molecule has 8 heteroatoms. The van der Waals surface area contributed by atoms with Crippen molar-refractivity contribution in [1.82, 2.24) is 10.2 Å². The molecule has 0 unspecified atom stereocenters. The minimum Gasteiger partial charge on any atom is -0.480 e. The Labute approximate surface area is 117 Å². The number of aliphatic carboxylic acids is 1. The third kappa shape index (κ3) is 3.52. The summed E-state index contributed by atoms with van der Waals surface area (Å²) in [6, 6.07) is -1.35. The first-order valence-electron chi connectivity index (χ1n) is 6.26. The molecule has 0 radical (unpaired) electrons. The van der Waals surface area contributed by atoms with Crippen molar-refractivity contribution in [3.63, 3.8) is 0 Å². The number of hydrogen-bond donors (Lipinski definition) is 3. The lowest BCUT2D eigenvalue weighted by Gasteiger charge is -2.28. The van der Waals surface area contributed by atoms with Gasteiger partial charge in [0.1, 0.15) is 11.1 Å². The van der Waals surface area contributed by atoms with E-state index in [1.165, 1.54) is 6.92 Å². The van der Waals surface area contributed by atoms with Crippen LogP contribution in [0.2, 0.25) is 0 Å². The van der Waals surface area contributed by atoms with Gasteiger partial charge < -0.3 is 25.8 Å². The highest BCUT2D eigenvalue weighted by Gasteiger charge is 2.50. The molecule has 1 rings (SSSR count). The summed E-state index contributed by atoms with van der Waals surface area (Å²) in [5.41, 5.74) is 3.11. The summed E-state index contributed by atoms with van der Waals surface area (Å²) in [4.78, 5) is 35.3. The normalized spacial score (nSPS) is 26.2. The summed E-state index contributed by atoms with van der Waals surface area (Å²) in [5, 5.41) is 11.8.